The molecule has 0 fully saturated rings. The fourth-order valence-corrected chi connectivity index (χ4v) is 1.01. The van der Waals surface area contributed by atoms with Crippen molar-refractivity contribution in [1.29, 1.82) is 5.26 Å². The maximum Gasteiger partial charge on any atom is 0.348 e. The summed E-state index contributed by atoms with van der Waals surface area (Å²) in [7, 11) is 0. The minimum absolute atomic E-state index is 0.00329. The van der Waals surface area contributed by atoms with Gasteiger partial charge in [0.1, 0.15) is 11.6 Å². The van der Waals surface area contributed by atoms with Gasteiger partial charge in [-0.2, -0.15) is 5.26 Å². The van der Waals surface area contributed by atoms with Crippen molar-refractivity contribution in [2.75, 3.05) is 6.61 Å². The molecule has 0 aliphatic rings. The fraction of sp³-hybridized carbons (Fsp3) is 0.182. The van der Waals surface area contributed by atoms with Gasteiger partial charge in [0.05, 0.1) is 6.61 Å². The molecule has 0 aromatic carbocycles. The molecule has 1 aromatic heterocycles. The van der Waals surface area contributed by atoms with Crippen LogP contribution in [-0.4, -0.2) is 12.6 Å². The van der Waals surface area contributed by atoms with Gasteiger partial charge in [-0.05, 0) is 19.1 Å². The summed E-state index contributed by atoms with van der Waals surface area (Å²) in [5, 5.41) is 8.76. The summed E-state index contributed by atoms with van der Waals surface area (Å²) in [6, 6.07) is 5.38. The van der Waals surface area contributed by atoms with E-state index in [9.17, 15) is 4.79 Å². The normalized spacial score (nSPS) is 10.5. The summed E-state index contributed by atoms with van der Waals surface area (Å²) < 4.78 is 4.73. The number of H-pyrrole nitrogens is 1. The Kier molecular flexibility index (Phi) is 4.05. The number of pyridine rings is 1. The van der Waals surface area contributed by atoms with Crippen molar-refractivity contribution in [2.24, 2.45) is 0 Å². The van der Waals surface area contributed by atoms with Crippen molar-refractivity contribution >= 4 is 12.0 Å². The lowest BCUT2D eigenvalue weighted by Crippen LogP contribution is -2.06. The first-order valence-electron chi connectivity index (χ1n) is 4.53. The Bertz CT molecular complexity index is 404. The third-order valence-corrected chi connectivity index (χ3v) is 1.66. The van der Waals surface area contributed by atoms with Crippen LogP contribution < -0.4 is 4.98 Å². The molecule has 1 rings (SSSR count). The van der Waals surface area contributed by atoms with E-state index < -0.39 is 5.97 Å². The number of carbonyl (C=O) groups excluding carboxylic acids is 1. The van der Waals surface area contributed by atoms with Crippen LogP contribution in [0.2, 0.25) is 0 Å². The van der Waals surface area contributed by atoms with E-state index in [4.69, 9.17) is 10.00 Å². The summed E-state index contributed by atoms with van der Waals surface area (Å²) in [6.45, 7) is 1.96. The zero-order valence-electron chi connectivity index (χ0n) is 8.36. The number of rotatable bonds is 3. The number of hydrogen-bond acceptors (Lipinski definition) is 3. The quantitative estimate of drug-likeness (QED) is 0.417. The first-order valence-corrected chi connectivity index (χ1v) is 4.53. The number of ether oxygens (including phenoxy) is 1. The first kappa shape index (κ1) is 10.9. The molecule has 0 bridgehead atoms. The summed E-state index contributed by atoms with van der Waals surface area (Å²) in [5.41, 5.74) is 0.749. The average Bonchev–Trinajstić information content (AvgIpc) is 2.27. The third kappa shape index (κ3) is 3.24. The van der Waals surface area contributed by atoms with Crippen LogP contribution in [0.4, 0.5) is 0 Å². The van der Waals surface area contributed by atoms with Crippen molar-refractivity contribution in [3.05, 3.63) is 35.7 Å². The number of aromatic amines is 1. The van der Waals surface area contributed by atoms with Crippen molar-refractivity contribution in [3.63, 3.8) is 0 Å². The van der Waals surface area contributed by atoms with Gasteiger partial charge in [0.25, 0.3) is 0 Å². The molecule has 0 amide bonds. The van der Waals surface area contributed by atoms with E-state index >= 15 is 0 Å². The van der Waals surface area contributed by atoms with Gasteiger partial charge in [0, 0.05) is 11.6 Å². The van der Waals surface area contributed by atoms with Crippen LogP contribution in [0, 0.1) is 11.3 Å². The van der Waals surface area contributed by atoms with Crippen LogP contribution in [0.3, 0.4) is 0 Å². The second-order valence-electron chi connectivity index (χ2n) is 2.73. The fourth-order valence-electron chi connectivity index (χ4n) is 1.01. The van der Waals surface area contributed by atoms with Gasteiger partial charge >= 0.3 is 5.97 Å². The van der Waals surface area contributed by atoms with Gasteiger partial charge in [-0.15, -0.1) is 0 Å². The number of nitrogens with one attached hydrogen (secondary N) is 1. The summed E-state index contributed by atoms with van der Waals surface area (Å²) in [4.78, 5) is 14.1. The van der Waals surface area contributed by atoms with Crippen LogP contribution in [0.1, 0.15) is 12.5 Å². The van der Waals surface area contributed by atoms with E-state index in [1.54, 1.807) is 31.5 Å². The predicted octanol–water partition coefficient (Wildman–Crippen LogP) is 0.971. The lowest BCUT2D eigenvalue weighted by atomic mass is 10.2. The number of esters is 1. The molecule has 0 aliphatic carbocycles. The average molecular weight is 203 g/mol. The second-order valence-corrected chi connectivity index (χ2v) is 2.73. The van der Waals surface area contributed by atoms with Crippen LogP contribution in [-0.2, 0) is 9.53 Å². The number of nitrogens with zero attached hydrogens (tertiary/aromatic N) is 1. The van der Waals surface area contributed by atoms with Crippen LogP contribution in [0.15, 0.2) is 30.1 Å². The zero-order valence-corrected chi connectivity index (χ0v) is 8.36. The molecule has 0 unspecified atom stereocenters. The molecule has 1 aromatic rings. The van der Waals surface area contributed by atoms with Gasteiger partial charge in [-0.1, -0.05) is 0 Å². The lowest BCUT2D eigenvalue weighted by Gasteiger charge is -1.98. The summed E-state index contributed by atoms with van der Waals surface area (Å²) >= 11 is 0. The molecule has 0 spiro atoms. The van der Waals surface area contributed by atoms with Crippen LogP contribution >= 0.6 is 0 Å². The van der Waals surface area contributed by atoms with Gasteiger partial charge in [-0.3, -0.25) is 0 Å². The Morgan fingerprint density at radius 2 is 2.53 bits per heavy atom. The first-order chi connectivity index (χ1) is 7.27. The van der Waals surface area contributed by atoms with Crippen molar-refractivity contribution < 1.29 is 14.5 Å². The van der Waals surface area contributed by atoms with E-state index in [2.05, 4.69) is 4.98 Å². The zero-order chi connectivity index (χ0) is 11.1. The molecule has 0 aliphatic heterocycles. The molecule has 15 heavy (non-hydrogen) atoms. The number of hydrogen-bond donors (Lipinski definition) is 0. The van der Waals surface area contributed by atoms with Gasteiger partial charge in [-0.25, -0.2) is 9.78 Å². The van der Waals surface area contributed by atoms with Gasteiger partial charge in [0.15, 0.2) is 12.4 Å². The maximum atomic E-state index is 11.3. The Hall–Kier alpha value is -2.15. The summed E-state index contributed by atoms with van der Waals surface area (Å²) in [5.74, 6) is -0.594. The largest absolute Gasteiger partial charge is 0.462 e. The Balaban J connectivity index is 2.89. The second kappa shape index (κ2) is 5.55. The standard InChI is InChI=1S/C11H10N2O2/c1-2-15-11(14)10(7-12)6-9-4-3-5-13-8-9/h3-6,8H,2H2,1H3/p+1. The number of carbonyl (C=O) groups is 1. The van der Waals surface area contributed by atoms with Crippen molar-refractivity contribution in [1.82, 2.24) is 0 Å². The Labute approximate surface area is 87.8 Å². The van der Waals surface area contributed by atoms with Crippen LogP contribution in [0.25, 0.3) is 6.08 Å². The number of aromatic nitrogens is 1. The highest BCUT2D eigenvalue weighted by Crippen LogP contribution is 2.05. The monoisotopic (exact) mass is 203 g/mol. The minimum Gasteiger partial charge on any atom is -0.462 e. The molecule has 1 N–H and O–H groups in total. The van der Waals surface area contributed by atoms with E-state index in [-0.39, 0.29) is 12.2 Å². The van der Waals surface area contributed by atoms with Crippen molar-refractivity contribution in [3.8, 4) is 6.07 Å². The molecule has 4 heteroatoms. The molecular formula is C11H11N2O2+. The van der Waals surface area contributed by atoms with Gasteiger partial charge < -0.3 is 4.74 Å². The van der Waals surface area contributed by atoms with Crippen LogP contribution in [0.5, 0.6) is 0 Å². The topological polar surface area (TPSA) is 64.2 Å². The number of nitriles is 1. The predicted molar refractivity (Wildman–Crippen MR) is 53.2 cm³/mol. The minimum atomic E-state index is -0.594. The smallest absolute Gasteiger partial charge is 0.348 e. The van der Waals surface area contributed by atoms with E-state index in [0.717, 1.165) is 5.56 Å². The van der Waals surface area contributed by atoms with Crippen molar-refractivity contribution in [2.45, 2.75) is 6.92 Å². The molecule has 0 saturated heterocycles. The molecule has 0 atom stereocenters. The Morgan fingerprint density at radius 3 is 3.07 bits per heavy atom. The molecule has 1 heterocycles. The van der Waals surface area contributed by atoms with E-state index in [1.165, 1.54) is 6.08 Å². The third-order valence-electron chi connectivity index (χ3n) is 1.66. The van der Waals surface area contributed by atoms with Gasteiger partial charge in [0.2, 0.25) is 0 Å². The molecule has 0 radical (unpaired) electrons. The molecule has 0 saturated carbocycles. The van der Waals surface area contributed by atoms with E-state index in [1.807, 2.05) is 6.07 Å². The van der Waals surface area contributed by atoms with E-state index in [0.29, 0.717) is 0 Å². The molecular weight excluding hydrogens is 192 g/mol. The summed E-state index contributed by atoms with van der Waals surface area (Å²) in [6.07, 6.45) is 4.92. The molecule has 76 valence electrons. The SMILES string of the molecule is CCOC(=O)C(C#N)=Cc1ccc[nH+]c1. The highest BCUT2D eigenvalue weighted by molar-refractivity contribution is 5.97. The molecule has 4 nitrogen and oxygen atoms in total. The highest BCUT2D eigenvalue weighted by Gasteiger charge is 2.09. The Morgan fingerprint density at radius 1 is 1.73 bits per heavy atom. The maximum absolute atomic E-state index is 11.3. The lowest BCUT2D eigenvalue weighted by molar-refractivity contribution is -0.378. The highest BCUT2D eigenvalue weighted by atomic mass is 16.5.